The molecule has 0 bridgehead atoms. The van der Waals surface area contributed by atoms with E-state index in [0.29, 0.717) is 28.4 Å². The highest BCUT2D eigenvalue weighted by Gasteiger charge is 2.09. The van der Waals surface area contributed by atoms with Crippen LogP contribution in [0.1, 0.15) is 5.56 Å². The third kappa shape index (κ3) is 7.61. The van der Waals surface area contributed by atoms with Crippen LogP contribution < -0.4 is 0 Å². The number of hydrogen-bond acceptors (Lipinski definition) is 7. The van der Waals surface area contributed by atoms with E-state index in [1.165, 1.54) is 23.5 Å². The molecule has 10 heteroatoms. The van der Waals surface area contributed by atoms with E-state index < -0.39 is 5.03 Å². The number of thioether (sulfide) groups is 2. The lowest BCUT2D eigenvalue weighted by molar-refractivity contribution is -0.484. The third-order valence-electron chi connectivity index (χ3n) is 2.46. The van der Waals surface area contributed by atoms with Crippen molar-refractivity contribution in [2.45, 2.75) is 6.54 Å². The lowest BCUT2D eigenvalue weighted by atomic mass is 10.2. The monoisotopic (exact) mass is 359 g/mol. The molecule has 0 aliphatic rings. The Labute approximate surface area is 141 Å². The second kappa shape index (κ2) is 10.4. The molecule has 118 valence electrons. The fourth-order valence-corrected chi connectivity index (χ4v) is 3.16. The van der Waals surface area contributed by atoms with Gasteiger partial charge in [0, 0.05) is 25.0 Å². The molecule has 1 aromatic heterocycles. The molecule has 0 fully saturated rings. The largest absolute Gasteiger partial charge is 0.285 e. The molecule has 7 nitrogen and oxygen atoms in total. The maximum atomic E-state index is 10.4. The van der Waals surface area contributed by atoms with Crippen LogP contribution in [0.25, 0.3) is 0 Å². The van der Waals surface area contributed by atoms with E-state index in [9.17, 15) is 10.1 Å². The average Bonchev–Trinajstić information content (AvgIpc) is 2.48. The van der Waals surface area contributed by atoms with Crippen LogP contribution in [0, 0.1) is 21.4 Å². The summed E-state index contributed by atoms with van der Waals surface area (Å²) in [5.74, 6) is 0.607. The molecule has 0 spiro atoms. The summed E-state index contributed by atoms with van der Waals surface area (Å²) in [6.45, 7) is 1.45. The zero-order valence-electron chi connectivity index (χ0n) is 11.8. The molecule has 0 radical (unpaired) electrons. The van der Waals surface area contributed by atoms with E-state index in [1.54, 1.807) is 18.5 Å². The lowest BCUT2D eigenvalue weighted by Crippen LogP contribution is -2.26. The molecular formula is C12H14ClN5O2S2. The SMILES string of the molecule is CS/C(=N\[N+](=O)[O-])SCCN(CC#N)Cc1ccc(Cl)nc1. The number of hydrazone groups is 1. The second-order valence-electron chi connectivity index (χ2n) is 4.01. The maximum absolute atomic E-state index is 10.4. The summed E-state index contributed by atoms with van der Waals surface area (Å²) in [6.07, 6.45) is 3.41. The number of nitro groups is 1. The van der Waals surface area contributed by atoms with E-state index in [1.807, 2.05) is 11.0 Å². The zero-order chi connectivity index (χ0) is 16.4. The zero-order valence-corrected chi connectivity index (χ0v) is 14.2. The normalized spacial score (nSPS) is 11.5. The minimum absolute atomic E-state index is 0.268. The maximum Gasteiger partial charge on any atom is 0.203 e. The number of aromatic nitrogens is 1. The molecule has 0 saturated heterocycles. The molecule has 0 amide bonds. The predicted molar refractivity (Wildman–Crippen MR) is 90.5 cm³/mol. The minimum atomic E-state index is -0.703. The first-order chi connectivity index (χ1) is 10.5. The van der Waals surface area contributed by atoms with Crippen molar-refractivity contribution >= 4 is 39.5 Å². The number of halogens is 1. The molecule has 1 heterocycles. The van der Waals surface area contributed by atoms with Gasteiger partial charge in [0.2, 0.25) is 4.38 Å². The number of nitrogens with zero attached hydrogens (tertiary/aromatic N) is 5. The van der Waals surface area contributed by atoms with Gasteiger partial charge in [0.25, 0.3) is 0 Å². The molecule has 0 aliphatic carbocycles. The van der Waals surface area contributed by atoms with Crippen molar-refractivity contribution < 1.29 is 5.03 Å². The Hall–Kier alpha value is -1.34. The van der Waals surface area contributed by atoms with Crippen molar-refractivity contribution in [2.75, 3.05) is 25.1 Å². The summed E-state index contributed by atoms with van der Waals surface area (Å²) in [6, 6.07) is 5.67. The number of pyridine rings is 1. The van der Waals surface area contributed by atoms with Gasteiger partial charge >= 0.3 is 0 Å². The Bertz CT molecular complexity index is 562. The average molecular weight is 360 g/mol. The van der Waals surface area contributed by atoms with Crippen LogP contribution in [-0.2, 0) is 6.54 Å². The predicted octanol–water partition coefficient (Wildman–Crippen LogP) is 2.70. The highest BCUT2D eigenvalue weighted by atomic mass is 35.5. The van der Waals surface area contributed by atoms with Gasteiger partial charge in [-0.1, -0.05) is 41.2 Å². The molecule has 0 aromatic carbocycles. The number of hydrogen-bond donors (Lipinski definition) is 0. The molecule has 1 aromatic rings. The fourth-order valence-electron chi connectivity index (χ4n) is 1.53. The van der Waals surface area contributed by atoms with Gasteiger partial charge in [0.1, 0.15) is 5.15 Å². The molecule has 0 aliphatic heterocycles. The van der Waals surface area contributed by atoms with Crippen molar-refractivity contribution in [1.29, 1.82) is 5.26 Å². The first-order valence-electron chi connectivity index (χ1n) is 6.14. The molecule has 0 N–H and O–H groups in total. The van der Waals surface area contributed by atoms with E-state index in [-0.39, 0.29) is 6.54 Å². The van der Waals surface area contributed by atoms with Crippen LogP contribution in [-0.4, -0.2) is 44.4 Å². The number of nitriles is 1. The molecule has 0 atom stereocenters. The Morgan fingerprint density at radius 3 is 2.95 bits per heavy atom. The van der Waals surface area contributed by atoms with Gasteiger partial charge in [-0.15, -0.1) is 0 Å². The van der Waals surface area contributed by atoms with Crippen LogP contribution in [0.15, 0.2) is 23.4 Å². The summed E-state index contributed by atoms with van der Waals surface area (Å²) < 4.78 is 0.398. The van der Waals surface area contributed by atoms with E-state index >= 15 is 0 Å². The molecule has 0 saturated carbocycles. The Balaban J connectivity index is 2.52. The van der Waals surface area contributed by atoms with Crippen molar-refractivity contribution in [1.82, 2.24) is 9.88 Å². The van der Waals surface area contributed by atoms with Crippen LogP contribution in [0.2, 0.25) is 5.15 Å². The fraction of sp³-hybridized carbons (Fsp3) is 0.417. The Kier molecular flexibility index (Phi) is 8.84. The highest BCUT2D eigenvalue weighted by Crippen LogP contribution is 2.15. The van der Waals surface area contributed by atoms with Crippen molar-refractivity contribution in [3.8, 4) is 6.07 Å². The van der Waals surface area contributed by atoms with Crippen molar-refractivity contribution in [3.05, 3.63) is 39.2 Å². The van der Waals surface area contributed by atoms with Crippen molar-refractivity contribution in [3.63, 3.8) is 0 Å². The van der Waals surface area contributed by atoms with Gasteiger partial charge in [-0.05, 0) is 17.9 Å². The quantitative estimate of drug-likeness (QED) is 0.184. The topological polar surface area (TPSA) is 95.4 Å². The molecule has 1 rings (SSSR count). The summed E-state index contributed by atoms with van der Waals surface area (Å²) in [4.78, 5) is 16.3. The summed E-state index contributed by atoms with van der Waals surface area (Å²) in [5.41, 5.74) is 0.952. The van der Waals surface area contributed by atoms with Gasteiger partial charge in [-0.25, -0.2) is 15.1 Å². The van der Waals surface area contributed by atoms with Gasteiger partial charge < -0.3 is 0 Å². The first-order valence-corrected chi connectivity index (χ1v) is 8.73. The second-order valence-corrected chi connectivity index (χ2v) is 6.54. The van der Waals surface area contributed by atoms with Crippen LogP contribution in [0.3, 0.4) is 0 Å². The van der Waals surface area contributed by atoms with E-state index in [4.69, 9.17) is 16.9 Å². The number of rotatable bonds is 7. The van der Waals surface area contributed by atoms with E-state index in [2.05, 4.69) is 16.2 Å². The van der Waals surface area contributed by atoms with Crippen LogP contribution >= 0.6 is 35.1 Å². The molecule has 22 heavy (non-hydrogen) atoms. The summed E-state index contributed by atoms with van der Waals surface area (Å²) in [5, 5.41) is 22.2. The Morgan fingerprint density at radius 1 is 1.64 bits per heavy atom. The van der Waals surface area contributed by atoms with Gasteiger partial charge in [-0.3, -0.25) is 4.90 Å². The third-order valence-corrected chi connectivity index (χ3v) is 4.68. The van der Waals surface area contributed by atoms with Crippen molar-refractivity contribution in [2.24, 2.45) is 5.10 Å². The first kappa shape index (κ1) is 18.7. The lowest BCUT2D eigenvalue weighted by Gasteiger charge is -2.18. The molecule has 0 unspecified atom stereocenters. The van der Waals surface area contributed by atoms with Gasteiger partial charge in [0.05, 0.1) is 17.7 Å². The molecular weight excluding hydrogens is 346 g/mol. The van der Waals surface area contributed by atoms with Crippen LogP contribution in [0.5, 0.6) is 0 Å². The standard InChI is InChI=1S/C12H14ClN5O2S2/c1-21-12(16-18(19)20)22-7-6-17(5-4-14)9-10-2-3-11(13)15-8-10/h2-3,8H,5-7,9H2,1H3/b16-12+. The van der Waals surface area contributed by atoms with Gasteiger partial charge in [0.15, 0.2) is 5.03 Å². The van der Waals surface area contributed by atoms with Crippen LogP contribution in [0.4, 0.5) is 0 Å². The summed E-state index contributed by atoms with van der Waals surface area (Å²) >= 11 is 8.27. The van der Waals surface area contributed by atoms with Gasteiger partial charge in [-0.2, -0.15) is 5.26 Å². The summed E-state index contributed by atoms with van der Waals surface area (Å²) in [7, 11) is 0. The Morgan fingerprint density at radius 2 is 2.41 bits per heavy atom. The highest BCUT2D eigenvalue weighted by molar-refractivity contribution is 8.38. The van der Waals surface area contributed by atoms with E-state index in [0.717, 1.165) is 5.56 Å². The minimum Gasteiger partial charge on any atom is -0.285 e. The smallest absolute Gasteiger partial charge is 0.203 e.